The Labute approximate surface area is 574 Å². The summed E-state index contributed by atoms with van der Waals surface area (Å²) >= 11 is 0. The minimum Gasteiger partial charge on any atom is -0.462 e. The van der Waals surface area contributed by atoms with Crippen LogP contribution in [0.2, 0.25) is 0 Å². The van der Waals surface area contributed by atoms with E-state index < -0.39 is 26.5 Å². The minimum atomic E-state index is -4.40. The Balaban J connectivity index is 3.85. The number of allylic oxidation sites excluding steroid dienone is 22. The minimum absolute atomic E-state index is 0.0503. The van der Waals surface area contributed by atoms with Gasteiger partial charge in [0.25, 0.3) is 0 Å². The van der Waals surface area contributed by atoms with Crippen LogP contribution in [-0.4, -0.2) is 49.3 Å². The van der Waals surface area contributed by atoms with E-state index in [0.717, 1.165) is 103 Å². The summed E-state index contributed by atoms with van der Waals surface area (Å²) < 4.78 is 33.3. The summed E-state index contributed by atoms with van der Waals surface area (Å²) in [6.07, 6.45) is 110. The average molecular weight is 1320 g/mol. The fraction of sp³-hybridized carbons (Fsp3) is 0.711. The molecule has 3 N–H and O–H groups in total. The molecule has 0 aliphatic rings. The van der Waals surface area contributed by atoms with Gasteiger partial charge in [0.2, 0.25) is 0 Å². The summed E-state index contributed by atoms with van der Waals surface area (Å²) in [7, 11) is -4.40. The Morgan fingerprint density at radius 3 is 0.882 bits per heavy atom. The van der Waals surface area contributed by atoms with E-state index in [4.69, 9.17) is 24.3 Å². The molecule has 93 heavy (non-hydrogen) atoms. The van der Waals surface area contributed by atoms with Crippen molar-refractivity contribution in [2.24, 2.45) is 5.73 Å². The van der Waals surface area contributed by atoms with Gasteiger partial charge in [-0.15, -0.1) is 0 Å². The number of esters is 2. The lowest BCUT2D eigenvalue weighted by Gasteiger charge is -2.19. The van der Waals surface area contributed by atoms with Crippen molar-refractivity contribution in [3.8, 4) is 0 Å². The molecule has 0 aromatic rings. The molecule has 0 saturated heterocycles. The van der Waals surface area contributed by atoms with Gasteiger partial charge in [-0.1, -0.05) is 353 Å². The number of nitrogens with two attached hydrogens (primary N) is 1. The van der Waals surface area contributed by atoms with Gasteiger partial charge in [-0.2, -0.15) is 0 Å². The number of hydrogen-bond acceptors (Lipinski definition) is 8. The van der Waals surface area contributed by atoms with E-state index in [-0.39, 0.29) is 38.6 Å². The fourth-order valence-electron chi connectivity index (χ4n) is 10.8. The standard InChI is InChI=1S/C83H144NO8P/c1-3-5-7-9-11-13-15-17-19-21-23-25-27-29-31-33-35-36-37-38-39-40-41-42-43-44-46-48-50-52-54-56-58-60-62-64-66-68-70-72-74-76-83(86)92-81(80-91-93(87,88)90-78-77-84)79-89-82(85)75-73-71-69-67-65-63-61-59-57-55-53-51-49-47-45-34-32-30-28-26-24-22-20-18-16-14-12-10-8-6-4-2/h5,7,11,13,16-19,22-25,28-31,35-36,38-39,41-42,81H,3-4,6,8-10,12,14-15,20-21,26-27,32-34,37,40,43-80,84H2,1-2H3,(H,87,88)/b7-5-,13-11-,18-16-,19-17-,24-22-,25-23-,30-28-,31-29-,36-35-,39-38-,42-41-. The highest BCUT2D eigenvalue weighted by atomic mass is 31.2. The number of ether oxygens (including phenoxy) is 2. The molecule has 9 nitrogen and oxygen atoms in total. The van der Waals surface area contributed by atoms with Gasteiger partial charge in [0.05, 0.1) is 13.2 Å². The van der Waals surface area contributed by atoms with Crippen LogP contribution >= 0.6 is 7.82 Å². The summed E-state index contributed by atoms with van der Waals surface area (Å²) in [5, 5.41) is 0. The van der Waals surface area contributed by atoms with Crippen LogP contribution in [0.25, 0.3) is 0 Å². The Kier molecular flexibility index (Phi) is 74.0. The quantitative estimate of drug-likeness (QED) is 0.0264. The Morgan fingerprint density at radius 1 is 0.333 bits per heavy atom. The second-order valence-corrected chi connectivity index (χ2v) is 26.9. The van der Waals surface area contributed by atoms with E-state index in [0.29, 0.717) is 6.42 Å². The maximum absolute atomic E-state index is 12.8. The topological polar surface area (TPSA) is 134 Å². The molecule has 0 spiro atoms. The van der Waals surface area contributed by atoms with Crippen LogP contribution in [-0.2, 0) is 32.7 Å². The lowest BCUT2D eigenvalue weighted by molar-refractivity contribution is -0.161. The number of carbonyl (C=O) groups excluding carboxylic acids is 2. The molecule has 2 unspecified atom stereocenters. The first-order chi connectivity index (χ1) is 45.8. The molecular formula is C83H144NO8P. The van der Waals surface area contributed by atoms with E-state index in [1.807, 2.05) is 0 Å². The molecule has 534 valence electrons. The molecule has 10 heteroatoms. The van der Waals surface area contributed by atoms with Crippen LogP contribution in [0.3, 0.4) is 0 Å². The number of rotatable bonds is 72. The smallest absolute Gasteiger partial charge is 0.462 e. The second-order valence-electron chi connectivity index (χ2n) is 25.5. The van der Waals surface area contributed by atoms with Gasteiger partial charge in [0.15, 0.2) is 6.10 Å². The summed E-state index contributed by atoms with van der Waals surface area (Å²) in [4.78, 5) is 35.4. The zero-order chi connectivity index (χ0) is 67.2. The number of carbonyl (C=O) groups is 2. The van der Waals surface area contributed by atoms with Gasteiger partial charge in [0, 0.05) is 19.4 Å². The van der Waals surface area contributed by atoms with E-state index in [9.17, 15) is 19.0 Å². The maximum atomic E-state index is 12.8. The van der Waals surface area contributed by atoms with Crippen LogP contribution < -0.4 is 5.73 Å². The monoisotopic (exact) mass is 1310 g/mol. The third-order valence-electron chi connectivity index (χ3n) is 16.5. The van der Waals surface area contributed by atoms with Crippen molar-refractivity contribution >= 4 is 19.8 Å². The molecule has 0 bridgehead atoms. The predicted octanol–water partition coefficient (Wildman–Crippen LogP) is 26.0. The first-order valence-electron chi connectivity index (χ1n) is 38.7. The molecule has 0 aliphatic carbocycles. The van der Waals surface area contributed by atoms with E-state index in [1.54, 1.807) is 0 Å². The van der Waals surface area contributed by atoms with Crippen molar-refractivity contribution in [3.63, 3.8) is 0 Å². The van der Waals surface area contributed by atoms with E-state index >= 15 is 0 Å². The molecule has 0 fully saturated rings. The lowest BCUT2D eigenvalue weighted by Crippen LogP contribution is -2.29. The van der Waals surface area contributed by atoms with Crippen LogP contribution in [0.4, 0.5) is 0 Å². The molecule has 2 atom stereocenters. The van der Waals surface area contributed by atoms with Crippen molar-refractivity contribution in [3.05, 3.63) is 134 Å². The molecular weight excluding hydrogens is 1170 g/mol. The van der Waals surface area contributed by atoms with Crippen LogP contribution in [0, 0.1) is 0 Å². The van der Waals surface area contributed by atoms with E-state index in [1.165, 1.54) is 212 Å². The Hall–Kier alpha value is -3.85. The molecule has 0 aliphatic heterocycles. The first-order valence-corrected chi connectivity index (χ1v) is 40.2. The number of phosphoric acid groups is 1. The third kappa shape index (κ3) is 77.0. The largest absolute Gasteiger partial charge is 0.472 e. The van der Waals surface area contributed by atoms with Gasteiger partial charge in [-0.05, 0) is 116 Å². The zero-order valence-corrected chi connectivity index (χ0v) is 61.1. The Morgan fingerprint density at radius 2 is 0.591 bits per heavy atom. The molecule has 0 aromatic carbocycles. The highest BCUT2D eigenvalue weighted by molar-refractivity contribution is 7.47. The normalized spacial score (nSPS) is 13.6. The van der Waals surface area contributed by atoms with Crippen LogP contribution in [0.1, 0.15) is 348 Å². The molecule has 0 amide bonds. The number of hydrogen-bond donors (Lipinski definition) is 2. The summed E-state index contributed by atoms with van der Waals surface area (Å²) in [6.45, 7) is 3.65. The summed E-state index contributed by atoms with van der Waals surface area (Å²) in [5.74, 6) is -0.819. The SMILES string of the molecule is CC/C=C\C/C=C\C/C=C\C/C=C\C/C=C\C/C=C\C/C=C\C/C=C\CCCCCCCCCCCCCCCCCCC(=O)OC(COC(=O)CCCCCCCCCCCCCCCCCC/C=C\C/C=C\C/C=C\CCCCCCC)COP(=O)(O)OCCN. The first kappa shape index (κ1) is 89.2. The lowest BCUT2D eigenvalue weighted by atomic mass is 10.0. The Bertz CT molecular complexity index is 1990. The van der Waals surface area contributed by atoms with E-state index in [2.05, 4.69) is 148 Å². The van der Waals surface area contributed by atoms with Gasteiger partial charge in [0.1, 0.15) is 6.61 Å². The van der Waals surface area contributed by atoms with Crippen LogP contribution in [0.15, 0.2) is 134 Å². The van der Waals surface area contributed by atoms with Gasteiger partial charge in [-0.25, -0.2) is 4.57 Å². The fourth-order valence-corrected chi connectivity index (χ4v) is 11.6. The molecule has 0 saturated carbocycles. The van der Waals surface area contributed by atoms with Crippen molar-refractivity contribution in [2.45, 2.75) is 354 Å². The van der Waals surface area contributed by atoms with Gasteiger partial charge < -0.3 is 20.1 Å². The molecule has 0 radical (unpaired) electrons. The summed E-state index contributed by atoms with van der Waals surface area (Å²) in [6, 6.07) is 0. The number of phosphoric ester groups is 1. The third-order valence-corrected chi connectivity index (χ3v) is 17.5. The van der Waals surface area contributed by atoms with Crippen molar-refractivity contribution < 1.29 is 37.6 Å². The van der Waals surface area contributed by atoms with Crippen molar-refractivity contribution in [2.75, 3.05) is 26.4 Å². The molecule has 0 heterocycles. The van der Waals surface area contributed by atoms with Crippen molar-refractivity contribution in [1.82, 2.24) is 0 Å². The number of unbranched alkanes of at least 4 members (excludes halogenated alkanes) is 37. The zero-order valence-electron chi connectivity index (χ0n) is 60.2. The van der Waals surface area contributed by atoms with Crippen molar-refractivity contribution in [1.29, 1.82) is 0 Å². The summed E-state index contributed by atoms with van der Waals surface area (Å²) in [5.41, 5.74) is 5.41. The van der Waals surface area contributed by atoms with Gasteiger partial charge >= 0.3 is 19.8 Å². The maximum Gasteiger partial charge on any atom is 0.472 e. The van der Waals surface area contributed by atoms with Gasteiger partial charge in [-0.3, -0.25) is 18.6 Å². The predicted molar refractivity (Wildman–Crippen MR) is 404 cm³/mol. The molecule has 0 aromatic heterocycles. The molecule has 0 rings (SSSR count). The average Bonchev–Trinajstić information content (AvgIpc) is 3.49. The second kappa shape index (κ2) is 77.2. The highest BCUT2D eigenvalue weighted by Crippen LogP contribution is 2.43. The van der Waals surface area contributed by atoms with Crippen LogP contribution in [0.5, 0.6) is 0 Å². The highest BCUT2D eigenvalue weighted by Gasteiger charge is 2.26.